The Morgan fingerprint density at radius 3 is 2.39 bits per heavy atom. The standard InChI is InChI=1S/C23H23N3O2/c1-28-20-13-11-19(12-14-20)25-16-18-8-6-17(7-9-18)10-15-23(27)26-22-5-3-2-4-21(22)24/h2-15,25H,16,24H2,1H3,(H,26,27)/b15-10-. The van der Waals surface area contributed by atoms with Crippen molar-refractivity contribution in [2.75, 3.05) is 23.5 Å². The molecule has 28 heavy (non-hydrogen) atoms. The van der Waals surface area contributed by atoms with Crippen molar-refractivity contribution in [1.82, 2.24) is 0 Å². The van der Waals surface area contributed by atoms with Gasteiger partial charge in [-0.15, -0.1) is 0 Å². The molecule has 0 aliphatic heterocycles. The van der Waals surface area contributed by atoms with Crippen LogP contribution in [0.4, 0.5) is 17.1 Å². The number of para-hydroxylation sites is 2. The minimum Gasteiger partial charge on any atom is -0.497 e. The molecule has 0 saturated carbocycles. The number of carbonyl (C=O) groups excluding carboxylic acids is 1. The molecule has 0 bridgehead atoms. The largest absolute Gasteiger partial charge is 0.497 e. The Morgan fingerprint density at radius 2 is 1.71 bits per heavy atom. The Hall–Kier alpha value is -3.73. The number of carbonyl (C=O) groups is 1. The van der Waals surface area contributed by atoms with E-state index in [-0.39, 0.29) is 5.91 Å². The lowest BCUT2D eigenvalue weighted by atomic mass is 10.1. The number of anilines is 3. The number of hydrogen-bond acceptors (Lipinski definition) is 4. The van der Waals surface area contributed by atoms with Gasteiger partial charge >= 0.3 is 0 Å². The highest BCUT2D eigenvalue weighted by Crippen LogP contribution is 2.17. The first kappa shape index (κ1) is 19.0. The second kappa shape index (κ2) is 9.28. The summed E-state index contributed by atoms with van der Waals surface area (Å²) in [4.78, 5) is 12.0. The maximum atomic E-state index is 12.0. The number of amides is 1. The molecule has 0 aliphatic rings. The molecule has 5 heteroatoms. The molecule has 3 aromatic carbocycles. The molecule has 1 amide bonds. The third-order valence-corrected chi connectivity index (χ3v) is 4.21. The van der Waals surface area contributed by atoms with Gasteiger partial charge in [0.15, 0.2) is 0 Å². The van der Waals surface area contributed by atoms with Crippen molar-refractivity contribution in [1.29, 1.82) is 0 Å². The van der Waals surface area contributed by atoms with Gasteiger partial charge in [0.05, 0.1) is 18.5 Å². The number of hydrogen-bond donors (Lipinski definition) is 3. The van der Waals surface area contributed by atoms with Gasteiger partial charge in [0, 0.05) is 18.3 Å². The fraction of sp³-hybridized carbons (Fsp3) is 0.0870. The summed E-state index contributed by atoms with van der Waals surface area (Å²) >= 11 is 0. The molecule has 4 N–H and O–H groups in total. The molecule has 0 fully saturated rings. The van der Waals surface area contributed by atoms with Gasteiger partial charge in [-0.2, -0.15) is 0 Å². The number of ether oxygens (including phenoxy) is 1. The van der Waals surface area contributed by atoms with Gasteiger partial charge in [0.2, 0.25) is 5.91 Å². The normalized spacial score (nSPS) is 10.6. The van der Waals surface area contributed by atoms with E-state index < -0.39 is 0 Å². The molecular weight excluding hydrogens is 350 g/mol. The lowest BCUT2D eigenvalue weighted by Crippen LogP contribution is -2.09. The number of rotatable bonds is 7. The van der Waals surface area contributed by atoms with E-state index in [0.717, 1.165) is 22.6 Å². The van der Waals surface area contributed by atoms with E-state index >= 15 is 0 Å². The third-order valence-electron chi connectivity index (χ3n) is 4.21. The van der Waals surface area contributed by atoms with Crippen molar-refractivity contribution in [3.63, 3.8) is 0 Å². The molecule has 0 aliphatic carbocycles. The fourth-order valence-corrected chi connectivity index (χ4v) is 2.62. The Balaban J connectivity index is 1.52. The van der Waals surface area contributed by atoms with E-state index in [9.17, 15) is 4.79 Å². The zero-order chi connectivity index (χ0) is 19.8. The van der Waals surface area contributed by atoms with E-state index in [2.05, 4.69) is 10.6 Å². The SMILES string of the molecule is COc1ccc(NCc2ccc(/C=C\C(=O)Nc3ccccc3N)cc2)cc1. The second-order valence-electron chi connectivity index (χ2n) is 6.23. The molecule has 3 aromatic rings. The van der Waals surface area contributed by atoms with Crippen molar-refractivity contribution in [3.05, 3.63) is 90.0 Å². The van der Waals surface area contributed by atoms with Crippen molar-refractivity contribution in [2.45, 2.75) is 6.54 Å². The Bertz CT molecular complexity index is 948. The summed E-state index contributed by atoms with van der Waals surface area (Å²) in [5.41, 5.74) is 10.1. The lowest BCUT2D eigenvalue weighted by molar-refractivity contribution is -0.111. The van der Waals surface area contributed by atoms with Gasteiger partial charge in [-0.3, -0.25) is 4.79 Å². The molecule has 142 valence electrons. The van der Waals surface area contributed by atoms with Crippen molar-refractivity contribution >= 4 is 29.0 Å². The van der Waals surface area contributed by atoms with Gasteiger partial charge in [-0.25, -0.2) is 0 Å². The zero-order valence-corrected chi connectivity index (χ0v) is 15.7. The van der Waals surface area contributed by atoms with Crippen LogP contribution < -0.4 is 21.1 Å². The van der Waals surface area contributed by atoms with Crippen molar-refractivity contribution in [3.8, 4) is 5.75 Å². The monoisotopic (exact) mass is 373 g/mol. The van der Waals surface area contributed by atoms with Crippen LogP contribution in [0.2, 0.25) is 0 Å². The van der Waals surface area contributed by atoms with Gasteiger partial charge in [-0.05, 0) is 53.6 Å². The highest BCUT2D eigenvalue weighted by atomic mass is 16.5. The topological polar surface area (TPSA) is 76.4 Å². The summed E-state index contributed by atoms with van der Waals surface area (Å²) in [5.74, 6) is 0.615. The predicted molar refractivity (Wildman–Crippen MR) is 115 cm³/mol. The number of methoxy groups -OCH3 is 1. The van der Waals surface area contributed by atoms with Crippen LogP contribution in [-0.2, 0) is 11.3 Å². The molecule has 0 atom stereocenters. The average Bonchev–Trinajstić information content (AvgIpc) is 2.73. The smallest absolute Gasteiger partial charge is 0.248 e. The first-order valence-corrected chi connectivity index (χ1v) is 8.94. The molecule has 5 nitrogen and oxygen atoms in total. The molecule has 0 radical (unpaired) electrons. The summed E-state index contributed by atoms with van der Waals surface area (Å²) in [6.45, 7) is 0.712. The summed E-state index contributed by atoms with van der Waals surface area (Å²) in [5, 5.41) is 6.13. The van der Waals surface area contributed by atoms with E-state index in [1.807, 2.05) is 60.7 Å². The lowest BCUT2D eigenvalue weighted by Gasteiger charge is -2.08. The van der Waals surface area contributed by atoms with Crippen LogP contribution in [0.5, 0.6) is 5.75 Å². The molecule has 0 aromatic heterocycles. The number of benzene rings is 3. The van der Waals surface area contributed by atoms with Gasteiger partial charge in [0.25, 0.3) is 0 Å². The number of nitrogens with one attached hydrogen (secondary N) is 2. The average molecular weight is 373 g/mol. The van der Waals surface area contributed by atoms with Crippen LogP contribution in [0, 0.1) is 0 Å². The van der Waals surface area contributed by atoms with Crippen LogP contribution in [0.3, 0.4) is 0 Å². The second-order valence-corrected chi connectivity index (χ2v) is 6.23. The molecule has 0 heterocycles. The quantitative estimate of drug-likeness (QED) is 0.420. The van der Waals surface area contributed by atoms with Crippen molar-refractivity contribution in [2.24, 2.45) is 0 Å². The first-order chi connectivity index (χ1) is 13.6. The first-order valence-electron chi connectivity index (χ1n) is 8.94. The van der Waals surface area contributed by atoms with E-state index in [1.54, 1.807) is 25.3 Å². The highest BCUT2D eigenvalue weighted by Gasteiger charge is 2.01. The fourth-order valence-electron chi connectivity index (χ4n) is 2.62. The van der Waals surface area contributed by atoms with Crippen LogP contribution in [-0.4, -0.2) is 13.0 Å². The maximum absolute atomic E-state index is 12.0. The summed E-state index contributed by atoms with van der Waals surface area (Å²) < 4.78 is 5.16. The van der Waals surface area contributed by atoms with Gasteiger partial charge < -0.3 is 21.1 Å². The molecule has 3 rings (SSSR count). The zero-order valence-electron chi connectivity index (χ0n) is 15.7. The Morgan fingerprint density at radius 1 is 1.00 bits per heavy atom. The minimum atomic E-state index is -0.219. The van der Waals surface area contributed by atoms with Gasteiger partial charge in [0.1, 0.15) is 5.75 Å². The Labute approximate surface area is 164 Å². The van der Waals surface area contributed by atoms with Crippen LogP contribution >= 0.6 is 0 Å². The summed E-state index contributed by atoms with van der Waals surface area (Å²) in [6.07, 6.45) is 3.27. The Kier molecular flexibility index (Phi) is 6.31. The van der Waals surface area contributed by atoms with Gasteiger partial charge in [-0.1, -0.05) is 36.4 Å². The third kappa shape index (κ3) is 5.38. The maximum Gasteiger partial charge on any atom is 0.248 e. The van der Waals surface area contributed by atoms with Crippen LogP contribution in [0.1, 0.15) is 11.1 Å². The number of nitrogen functional groups attached to an aromatic ring is 1. The number of nitrogens with two attached hydrogens (primary N) is 1. The van der Waals surface area contributed by atoms with E-state index in [4.69, 9.17) is 10.5 Å². The molecular formula is C23H23N3O2. The highest BCUT2D eigenvalue weighted by molar-refractivity contribution is 6.03. The molecule has 0 unspecified atom stereocenters. The van der Waals surface area contributed by atoms with E-state index in [0.29, 0.717) is 17.9 Å². The predicted octanol–water partition coefficient (Wildman–Crippen LogP) is 4.54. The van der Waals surface area contributed by atoms with E-state index in [1.165, 1.54) is 6.08 Å². The summed E-state index contributed by atoms with van der Waals surface area (Å²) in [7, 11) is 1.65. The van der Waals surface area contributed by atoms with Crippen molar-refractivity contribution < 1.29 is 9.53 Å². The van der Waals surface area contributed by atoms with Crippen LogP contribution in [0.25, 0.3) is 6.08 Å². The van der Waals surface area contributed by atoms with Crippen LogP contribution in [0.15, 0.2) is 78.9 Å². The summed E-state index contributed by atoms with van der Waals surface area (Å²) in [6, 6.07) is 23.0. The molecule has 0 saturated heterocycles. The minimum absolute atomic E-state index is 0.219. The molecule has 0 spiro atoms.